The smallest absolute Gasteiger partial charge is 0.389 e. The monoisotopic (exact) mass is 532 g/mol. The van der Waals surface area contributed by atoms with Gasteiger partial charge in [0.05, 0.1) is 25.0 Å². The molecule has 0 radical (unpaired) electrons. The highest BCUT2D eigenvalue weighted by Gasteiger charge is 2.32. The fourth-order valence-corrected chi connectivity index (χ4v) is 4.79. The molecule has 0 bridgehead atoms. The minimum atomic E-state index is -4.17. The van der Waals surface area contributed by atoms with Crippen LogP contribution in [0.2, 0.25) is 0 Å². The number of carbonyl (C=O) groups excluding carboxylic acids is 1. The molecule has 1 saturated heterocycles. The lowest BCUT2D eigenvalue weighted by molar-refractivity contribution is -0.137. The Kier molecular flexibility index (Phi) is 8.94. The summed E-state index contributed by atoms with van der Waals surface area (Å²) in [5.74, 6) is 0.500. The van der Waals surface area contributed by atoms with Crippen molar-refractivity contribution in [3.8, 4) is 11.1 Å². The molecule has 4 rings (SSSR count). The first-order chi connectivity index (χ1) is 18.1. The van der Waals surface area contributed by atoms with E-state index in [-0.39, 0.29) is 18.4 Å². The van der Waals surface area contributed by atoms with Gasteiger partial charge < -0.3 is 25.4 Å². The summed E-state index contributed by atoms with van der Waals surface area (Å²) in [6, 6.07) is 9.29. The van der Waals surface area contributed by atoms with Crippen molar-refractivity contribution in [1.29, 1.82) is 0 Å². The predicted molar refractivity (Wildman–Crippen MR) is 142 cm³/mol. The lowest BCUT2D eigenvalue weighted by Crippen LogP contribution is -2.33. The third-order valence-corrected chi connectivity index (χ3v) is 6.91. The number of carbonyl (C=O) groups is 1. The number of halogens is 3. The topological polar surface area (TPSA) is 86.7 Å². The van der Waals surface area contributed by atoms with Crippen molar-refractivity contribution in [3.63, 3.8) is 0 Å². The van der Waals surface area contributed by atoms with Gasteiger partial charge in [-0.1, -0.05) is 12.1 Å². The van der Waals surface area contributed by atoms with E-state index in [0.29, 0.717) is 50.8 Å². The number of nitrogens with one attached hydrogen (secondary N) is 2. The molecule has 1 aromatic carbocycles. The number of aliphatic hydroxyl groups is 1. The van der Waals surface area contributed by atoms with E-state index in [1.165, 1.54) is 0 Å². The highest BCUT2D eigenvalue weighted by molar-refractivity contribution is 5.91. The van der Waals surface area contributed by atoms with Gasteiger partial charge in [0.15, 0.2) is 0 Å². The average molecular weight is 533 g/mol. The van der Waals surface area contributed by atoms with E-state index in [9.17, 15) is 23.1 Å². The fraction of sp³-hybridized carbons (Fsp3) is 0.500. The SMILES string of the molecule is Cc1ccc(NC(=O)N2CC[C@@H](CCC(F)(F)F)C2)cc1-c1cc(NC[C@@H](C)O)nc(C2=CCOCC2)c1. The third-order valence-electron chi connectivity index (χ3n) is 6.91. The molecule has 3 heterocycles. The molecular weight excluding hydrogens is 497 g/mol. The first-order valence-corrected chi connectivity index (χ1v) is 13.0. The number of anilines is 2. The number of aryl methyl sites for hydroxylation is 1. The van der Waals surface area contributed by atoms with Gasteiger partial charge in [-0.25, -0.2) is 9.78 Å². The summed E-state index contributed by atoms with van der Waals surface area (Å²) in [5, 5.41) is 15.9. The van der Waals surface area contributed by atoms with Crippen LogP contribution >= 0.6 is 0 Å². The minimum Gasteiger partial charge on any atom is -0.392 e. The first-order valence-electron chi connectivity index (χ1n) is 13.0. The Morgan fingerprint density at radius 3 is 2.82 bits per heavy atom. The molecule has 2 aromatic rings. The van der Waals surface area contributed by atoms with Crippen molar-refractivity contribution in [2.45, 2.75) is 51.8 Å². The van der Waals surface area contributed by atoms with Crippen LogP contribution in [0.5, 0.6) is 0 Å². The van der Waals surface area contributed by atoms with E-state index in [0.717, 1.165) is 34.4 Å². The summed E-state index contributed by atoms with van der Waals surface area (Å²) >= 11 is 0. The van der Waals surface area contributed by atoms with Gasteiger partial charge in [0.2, 0.25) is 0 Å². The normalized spacial score (nSPS) is 18.7. The molecule has 0 aliphatic carbocycles. The molecule has 2 aliphatic heterocycles. The predicted octanol–water partition coefficient (Wildman–Crippen LogP) is 5.85. The van der Waals surface area contributed by atoms with Crippen LogP contribution in [0.15, 0.2) is 36.4 Å². The van der Waals surface area contributed by atoms with Crippen LogP contribution in [-0.4, -0.2) is 66.1 Å². The maximum atomic E-state index is 12.9. The number of hydrogen-bond acceptors (Lipinski definition) is 5. The highest BCUT2D eigenvalue weighted by atomic mass is 19.4. The summed E-state index contributed by atoms with van der Waals surface area (Å²) in [4.78, 5) is 19.2. The number of alkyl halides is 3. The van der Waals surface area contributed by atoms with Crippen LogP contribution in [0.1, 0.15) is 43.9 Å². The third kappa shape index (κ3) is 7.70. The molecule has 0 unspecified atom stereocenters. The molecule has 0 spiro atoms. The molecule has 206 valence electrons. The molecule has 7 nitrogen and oxygen atoms in total. The van der Waals surface area contributed by atoms with Gasteiger partial charge in [0, 0.05) is 31.7 Å². The van der Waals surface area contributed by atoms with Crippen molar-refractivity contribution >= 4 is 23.1 Å². The quantitative estimate of drug-likeness (QED) is 0.397. The second kappa shape index (κ2) is 12.2. The Bertz CT molecular complexity index is 1170. The summed E-state index contributed by atoms with van der Waals surface area (Å²) in [5.41, 5.74) is 5.37. The Morgan fingerprint density at radius 1 is 1.29 bits per heavy atom. The minimum absolute atomic E-state index is 0.0420. The molecule has 2 aliphatic rings. The molecule has 3 N–H and O–H groups in total. The summed E-state index contributed by atoms with van der Waals surface area (Å²) in [7, 11) is 0. The molecule has 10 heteroatoms. The summed E-state index contributed by atoms with van der Waals surface area (Å²) in [6.45, 7) is 5.97. The van der Waals surface area contributed by atoms with Crippen LogP contribution in [0, 0.1) is 12.8 Å². The Balaban J connectivity index is 1.52. The zero-order chi connectivity index (χ0) is 27.3. The van der Waals surface area contributed by atoms with Crippen LogP contribution in [0.4, 0.5) is 29.5 Å². The maximum Gasteiger partial charge on any atom is 0.389 e. The molecular formula is C28H35F3N4O3. The number of rotatable bonds is 8. The van der Waals surface area contributed by atoms with Crippen LogP contribution in [-0.2, 0) is 4.74 Å². The van der Waals surface area contributed by atoms with Crippen molar-refractivity contribution in [3.05, 3.63) is 47.7 Å². The van der Waals surface area contributed by atoms with Crippen molar-refractivity contribution in [1.82, 2.24) is 9.88 Å². The number of hydrogen-bond donors (Lipinski definition) is 3. The highest BCUT2D eigenvalue weighted by Crippen LogP contribution is 2.33. The van der Waals surface area contributed by atoms with Crippen LogP contribution < -0.4 is 10.6 Å². The zero-order valence-electron chi connectivity index (χ0n) is 21.8. The van der Waals surface area contributed by atoms with E-state index in [4.69, 9.17) is 9.72 Å². The van der Waals surface area contributed by atoms with Gasteiger partial charge in [0.25, 0.3) is 0 Å². The van der Waals surface area contributed by atoms with Crippen molar-refractivity contribution in [2.75, 3.05) is 43.5 Å². The summed E-state index contributed by atoms with van der Waals surface area (Å²) < 4.78 is 43.2. The second-order valence-corrected chi connectivity index (χ2v) is 10.1. The second-order valence-electron chi connectivity index (χ2n) is 10.1. The summed E-state index contributed by atoms with van der Waals surface area (Å²) in [6.07, 6.45) is -2.14. The molecule has 2 atom stereocenters. The van der Waals surface area contributed by atoms with Gasteiger partial charge in [0.1, 0.15) is 5.82 Å². The van der Waals surface area contributed by atoms with E-state index in [1.54, 1.807) is 11.8 Å². The lowest BCUT2D eigenvalue weighted by atomic mass is 9.97. The van der Waals surface area contributed by atoms with E-state index in [2.05, 4.69) is 10.6 Å². The van der Waals surface area contributed by atoms with Gasteiger partial charge in [-0.15, -0.1) is 0 Å². The van der Waals surface area contributed by atoms with Gasteiger partial charge >= 0.3 is 12.2 Å². The number of benzene rings is 1. The number of likely N-dealkylation sites (tertiary alicyclic amines) is 1. The van der Waals surface area contributed by atoms with E-state index in [1.807, 2.05) is 43.3 Å². The Hall–Kier alpha value is -3.11. The Labute approximate surface area is 221 Å². The molecule has 1 fully saturated rings. The number of ether oxygens (including phenoxy) is 1. The van der Waals surface area contributed by atoms with Crippen LogP contribution in [0.3, 0.4) is 0 Å². The average Bonchev–Trinajstić information content (AvgIpc) is 3.37. The number of amides is 2. The zero-order valence-corrected chi connectivity index (χ0v) is 21.8. The van der Waals surface area contributed by atoms with Crippen molar-refractivity contribution in [2.24, 2.45) is 5.92 Å². The number of nitrogens with zero attached hydrogens (tertiary/aromatic N) is 2. The van der Waals surface area contributed by atoms with Gasteiger partial charge in [-0.05, 0) is 85.6 Å². The van der Waals surface area contributed by atoms with E-state index < -0.39 is 18.7 Å². The number of pyridine rings is 1. The van der Waals surface area contributed by atoms with Crippen LogP contribution in [0.25, 0.3) is 16.7 Å². The Morgan fingerprint density at radius 2 is 2.11 bits per heavy atom. The first kappa shape index (κ1) is 27.9. The molecule has 38 heavy (non-hydrogen) atoms. The van der Waals surface area contributed by atoms with Crippen molar-refractivity contribution < 1.29 is 27.8 Å². The van der Waals surface area contributed by atoms with Gasteiger partial charge in [-0.2, -0.15) is 13.2 Å². The number of aliphatic hydroxyl groups excluding tert-OH is 1. The fourth-order valence-electron chi connectivity index (χ4n) is 4.79. The lowest BCUT2D eigenvalue weighted by Gasteiger charge is -2.19. The maximum absolute atomic E-state index is 12.9. The van der Waals surface area contributed by atoms with Gasteiger partial charge in [-0.3, -0.25) is 0 Å². The largest absolute Gasteiger partial charge is 0.392 e. The van der Waals surface area contributed by atoms with E-state index >= 15 is 0 Å². The molecule has 1 aromatic heterocycles. The number of urea groups is 1. The standard InChI is InChI=1S/C28H35F3N4O3/c1-18-3-4-23(33-27(37)35-10-6-20(17-35)5-9-28(29,30)31)15-24(18)22-13-25(21-7-11-38-12-8-21)34-26(14-22)32-16-19(2)36/h3-4,7,13-15,19-20,36H,5-6,8-12,16-17H2,1-2H3,(H,32,34)(H,33,37)/t19-,20-/m1/s1. The number of aromatic nitrogens is 1. The molecule has 2 amide bonds. The molecule has 0 saturated carbocycles.